The third-order valence-electron chi connectivity index (χ3n) is 6.37. The third kappa shape index (κ3) is 5.96. The maximum absolute atomic E-state index is 13.1. The highest BCUT2D eigenvalue weighted by molar-refractivity contribution is 7.88. The van der Waals surface area contributed by atoms with Gasteiger partial charge in [0.2, 0.25) is 21.7 Å². The Labute approximate surface area is 236 Å². The van der Waals surface area contributed by atoms with Crippen LogP contribution in [0.4, 0.5) is 5.69 Å². The van der Waals surface area contributed by atoms with Crippen LogP contribution in [0.5, 0.6) is 0 Å². The Morgan fingerprint density at radius 3 is 2.31 bits per heavy atom. The number of amides is 1. The number of primary amides is 1. The van der Waals surface area contributed by atoms with Gasteiger partial charge < -0.3 is 15.9 Å². The average Bonchev–Trinajstić information content (AvgIpc) is 3.18. The predicted molar refractivity (Wildman–Crippen MR) is 154 cm³/mol. The van der Waals surface area contributed by atoms with Gasteiger partial charge in [-0.2, -0.15) is 4.31 Å². The van der Waals surface area contributed by atoms with Crippen molar-refractivity contribution in [3.8, 4) is 11.1 Å². The van der Waals surface area contributed by atoms with Crippen molar-refractivity contribution in [3.05, 3.63) is 87.6 Å². The lowest BCUT2D eigenvalue weighted by atomic mass is 10.0. The van der Waals surface area contributed by atoms with E-state index < -0.39 is 27.8 Å². The Bertz CT molecular complexity index is 1700. The normalized spacial score (nSPS) is 12.8. The number of halogens is 2. The number of hydrogen-bond donors (Lipinski definition) is 2. The fourth-order valence-corrected chi connectivity index (χ4v) is 6.15. The monoisotopic (exact) mass is 587 g/mol. The Hall–Kier alpha value is -3.37. The predicted octanol–water partition coefficient (Wildman–Crippen LogP) is 5.49. The summed E-state index contributed by atoms with van der Waals surface area (Å²) in [5, 5.41) is 1.15. The molecule has 8 nitrogen and oxygen atoms in total. The van der Waals surface area contributed by atoms with Gasteiger partial charge in [-0.1, -0.05) is 61.3 Å². The molecule has 0 unspecified atom stereocenters. The Morgan fingerprint density at radius 2 is 1.69 bits per heavy atom. The van der Waals surface area contributed by atoms with E-state index in [1.165, 1.54) is 12.1 Å². The fourth-order valence-electron chi connectivity index (χ4n) is 4.51. The molecule has 204 valence electrons. The van der Waals surface area contributed by atoms with Crippen molar-refractivity contribution in [1.29, 1.82) is 0 Å². The minimum atomic E-state index is -3.74. The molecular formula is C28H27Cl2N3O5S. The number of furan rings is 1. The molecule has 0 saturated heterocycles. The summed E-state index contributed by atoms with van der Waals surface area (Å²) < 4.78 is 32.1. The van der Waals surface area contributed by atoms with Gasteiger partial charge in [-0.25, -0.2) is 8.42 Å². The zero-order valence-corrected chi connectivity index (χ0v) is 23.8. The second-order valence-corrected chi connectivity index (χ2v) is 12.4. The Kier molecular flexibility index (Phi) is 8.09. The molecule has 4 rings (SSSR count). The van der Waals surface area contributed by atoms with Crippen molar-refractivity contribution in [1.82, 2.24) is 4.31 Å². The van der Waals surface area contributed by atoms with Gasteiger partial charge in [0.05, 0.1) is 17.0 Å². The van der Waals surface area contributed by atoms with Crippen molar-refractivity contribution >= 4 is 61.6 Å². The van der Waals surface area contributed by atoms with E-state index in [-0.39, 0.29) is 34.5 Å². The highest BCUT2D eigenvalue weighted by Crippen LogP contribution is 2.35. The second kappa shape index (κ2) is 11.0. The van der Waals surface area contributed by atoms with Gasteiger partial charge in [0.25, 0.3) is 0 Å². The number of benzene rings is 3. The van der Waals surface area contributed by atoms with Crippen LogP contribution in [-0.4, -0.2) is 36.7 Å². The number of hydrogen-bond acceptors (Lipinski definition) is 6. The molecule has 0 radical (unpaired) electrons. The molecule has 0 aliphatic rings. The molecule has 0 saturated carbocycles. The van der Waals surface area contributed by atoms with Crippen molar-refractivity contribution < 1.29 is 22.4 Å². The highest BCUT2D eigenvalue weighted by Gasteiger charge is 2.33. The van der Waals surface area contributed by atoms with Gasteiger partial charge >= 0.3 is 0 Å². The summed E-state index contributed by atoms with van der Waals surface area (Å²) in [7, 11) is -3.74. The number of ketones is 1. The van der Waals surface area contributed by atoms with E-state index in [0.717, 1.165) is 21.7 Å². The summed E-state index contributed by atoms with van der Waals surface area (Å²) in [6.07, 6.45) is 1.06. The van der Waals surface area contributed by atoms with Crippen molar-refractivity contribution in [2.24, 2.45) is 11.7 Å². The molecule has 4 N–H and O–H groups in total. The number of nitrogens with zero attached hydrogens (tertiary/aromatic N) is 1. The van der Waals surface area contributed by atoms with Crippen LogP contribution in [0.15, 0.2) is 65.1 Å². The number of sulfonamides is 1. The van der Waals surface area contributed by atoms with E-state index in [2.05, 4.69) is 0 Å². The van der Waals surface area contributed by atoms with Gasteiger partial charge in [0.1, 0.15) is 11.6 Å². The lowest BCUT2D eigenvalue weighted by Crippen LogP contribution is -2.49. The van der Waals surface area contributed by atoms with Crippen LogP contribution in [0.25, 0.3) is 22.1 Å². The van der Waals surface area contributed by atoms with Gasteiger partial charge in [-0.3, -0.25) is 9.59 Å². The van der Waals surface area contributed by atoms with E-state index in [4.69, 9.17) is 39.1 Å². The minimum Gasteiger partial charge on any atom is -0.450 e. The highest BCUT2D eigenvalue weighted by atomic mass is 35.5. The fraction of sp³-hybridized carbons (Fsp3) is 0.214. The van der Waals surface area contributed by atoms with Crippen LogP contribution in [0.2, 0.25) is 10.0 Å². The first-order chi connectivity index (χ1) is 18.3. The number of fused-ring (bicyclic) bond motifs is 1. The standard InChI is InChI=1S/C28H27Cl2N3O5S/c1-15(2)25(28(32)35)33(39(3,36)37)14-16-5-4-6-17(11-16)18-7-9-21-23(12-18)38-27(24(21)31)26(34)20-10-8-19(29)13-22(20)30/h4-13,15,25H,14,31H2,1-3H3,(H2,32,35)/t25-/m1/s1. The van der Waals surface area contributed by atoms with Gasteiger partial charge in [-0.15, -0.1) is 0 Å². The molecular weight excluding hydrogens is 561 g/mol. The summed E-state index contributed by atoms with van der Waals surface area (Å²) in [5.74, 6) is -1.52. The van der Waals surface area contributed by atoms with Gasteiger partial charge in [0.15, 0.2) is 5.76 Å². The van der Waals surface area contributed by atoms with Crippen LogP contribution in [-0.2, 0) is 21.4 Å². The average molecular weight is 589 g/mol. The number of nitrogen functional groups attached to an aromatic ring is 1. The lowest BCUT2D eigenvalue weighted by molar-refractivity contribution is -0.123. The number of carbonyl (C=O) groups is 2. The molecule has 3 aromatic carbocycles. The summed E-state index contributed by atoms with van der Waals surface area (Å²) in [5.41, 5.74) is 14.8. The second-order valence-electron chi connectivity index (χ2n) is 9.61. The lowest BCUT2D eigenvalue weighted by Gasteiger charge is -2.30. The molecule has 0 spiro atoms. The summed E-state index contributed by atoms with van der Waals surface area (Å²) >= 11 is 12.2. The van der Waals surface area contributed by atoms with Gasteiger partial charge in [-0.05, 0) is 59.0 Å². The van der Waals surface area contributed by atoms with Gasteiger partial charge in [0, 0.05) is 22.5 Å². The summed E-state index contributed by atoms with van der Waals surface area (Å²) in [6, 6.07) is 16.1. The molecule has 1 atom stereocenters. The van der Waals surface area contributed by atoms with Crippen LogP contribution in [0.1, 0.15) is 35.5 Å². The first kappa shape index (κ1) is 28.6. The molecule has 1 amide bonds. The van der Waals surface area contributed by atoms with E-state index in [1.54, 1.807) is 44.2 Å². The maximum Gasteiger partial charge on any atom is 0.236 e. The number of rotatable bonds is 9. The SMILES string of the molecule is CC(C)[C@H](C(N)=O)N(Cc1cccc(-c2ccc3c(N)c(C(=O)c4ccc(Cl)cc4Cl)oc3c2)c1)S(C)(=O)=O. The van der Waals surface area contributed by atoms with Crippen LogP contribution >= 0.6 is 23.2 Å². The number of anilines is 1. The van der Waals surface area contributed by atoms with E-state index in [9.17, 15) is 18.0 Å². The third-order valence-corrected chi connectivity index (χ3v) is 8.12. The largest absolute Gasteiger partial charge is 0.450 e. The van der Waals surface area contributed by atoms with Crippen LogP contribution in [0, 0.1) is 5.92 Å². The van der Waals surface area contributed by atoms with E-state index in [0.29, 0.717) is 21.6 Å². The maximum atomic E-state index is 13.1. The molecule has 0 aliphatic carbocycles. The zero-order chi connectivity index (χ0) is 28.6. The molecule has 1 heterocycles. The molecule has 11 heteroatoms. The number of nitrogens with two attached hydrogens (primary N) is 2. The molecule has 39 heavy (non-hydrogen) atoms. The van der Waals surface area contributed by atoms with E-state index in [1.807, 2.05) is 18.2 Å². The van der Waals surface area contributed by atoms with Crippen LogP contribution in [0.3, 0.4) is 0 Å². The zero-order valence-electron chi connectivity index (χ0n) is 21.4. The molecule has 4 aromatic rings. The first-order valence-corrected chi connectivity index (χ1v) is 14.6. The smallest absolute Gasteiger partial charge is 0.236 e. The van der Waals surface area contributed by atoms with Crippen LogP contribution < -0.4 is 11.5 Å². The summed E-state index contributed by atoms with van der Waals surface area (Å²) in [4.78, 5) is 25.2. The molecule has 0 fully saturated rings. The van der Waals surface area contributed by atoms with Crippen molar-refractivity contribution in [3.63, 3.8) is 0 Å². The molecule has 1 aromatic heterocycles. The van der Waals surface area contributed by atoms with Crippen molar-refractivity contribution in [2.75, 3.05) is 12.0 Å². The summed E-state index contributed by atoms with van der Waals surface area (Å²) in [6.45, 7) is 3.46. The number of carbonyl (C=O) groups excluding carboxylic acids is 2. The topological polar surface area (TPSA) is 137 Å². The Morgan fingerprint density at radius 1 is 1.00 bits per heavy atom. The quantitative estimate of drug-likeness (QED) is 0.248. The molecule has 0 bridgehead atoms. The Balaban J connectivity index is 1.69. The first-order valence-electron chi connectivity index (χ1n) is 11.9. The molecule has 0 aliphatic heterocycles. The minimum absolute atomic E-state index is 0.0323. The van der Waals surface area contributed by atoms with Crippen molar-refractivity contribution in [2.45, 2.75) is 26.4 Å². The van der Waals surface area contributed by atoms with E-state index >= 15 is 0 Å².